The van der Waals surface area contributed by atoms with Gasteiger partial charge < -0.3 is 30.5 Å². The third-order valence-electron chi connectivity index (χ3n) is 5.96. The van der Waals surface area contributed by atoms with E-state index in [0.29, 0.717) is 30.0 Å². The third-order valence-corrected chi connectivity index (χ3v) is 5.96. The number of ether oxygens (including phenoxy) is 2. The van der Waals surface area contributed by atoms with E-state index in [1.165, 1.54) is 6.07 Å². The van der Waals surface area contributed by atoms with E-state index in [1.54, 1.807) is 42.5 Å². The molecular formula is C27H33N3O7. The minimum atomic E-state index is -1.26. The molecule has 10 heteroatoms. The van der Waals surface area contributed by atoms with Crippen LogP contribution in [-0.2, 0) is 9.59 Å². The van der Waals surface area contributed by atoms with Crippen molar-refractivity contribution in [1.82, 2.24) is 16.0 Å². The number of para-hydroxylation sites is 2. The van der Waals surface area contributed by atoms with Crippen LogP contribution in [0.5, 0.6) is 11.5 Å². The van der Waals surface area contributed by atoms with Crippen LogP contribution in [0.2, 0.25) is 0 Å². The Morgan fingerprint density at radius 3 is 2.19 bits per heavy atom. The first-order chi connectivity index (χ1) is 17.8. The third kappa shape index (κ3) is 7.96. The lowest BCUT2D eigenvalue weighted by atomic mass is 10.0. The second-order valence-electron chi connectivity index (χ2n) is 9.08. The molecule has 3 rings (SSSR count). The van der Waals surface area contributed by atoms with Gasteiger partial charge in [-0.25, -0.2) is 4.79 Å². The Kier molecular flexibility index (Phi) is 9.88. The number of aliphatic carboxylic acids is 1. The molecule has 0 fully saturated rings. The normalized spacial score (nSPS) is 20.1. The molecule has 10 nitrogen and oxygen atoms in total. The molecule has 0 spiro atoms. The second-order valence-corrected chi connectivity index (χ2v) is 9.08. The Balaban J connectivity index is 1.83. The molecule has 1 heterocycles. The van der Waals surface area contributed by atoms with Crippen LogP contribution in [0.3, 0.4) is 0 Å². The number of carboxylic acid groups (broad SMARTS) is 1. The van der Waals surface area contributed by atoms with Gasteiger partial charge in [-0.15, -0.1) is 0 Å². The van der Waals surface area contributed by atoms with Crippen LogP contribution in [0.1, 0.15) is 53.8 Å². The molecule has 2 atom stereocenters. The van der Waals surface area contributed by atoms with Crippen molar-refractivity contribution in [3.05, 3.63) is 59.7 Å². The smallest absolute Gasteiger partial charge is 0.326 e. The molecular weight excluding hydrogens is 478 g/mol. The van der Waals surface area contributed by atoms with Gasteiger partial charge in [-0.1, -0.05) is 38.1 Å². The number of carbonyl (C=O) groups excluding carboxylic acids is 3. The van der Waals surface area contributed by atoms with E-state index in [1.807, 2.05) is 13.8 Å². The zero-order chi connectivity index (χ0) is 26.8. The summed E-state index contributed by atoms with van der Waals surface area (Å²) in [6, 6.07) is 11.7. The van der Waals surface area contributed by atoms with Gasteiger partial charge in [-0.3, -0.25) is 14.4 Å². The van der Waals surface area contributed by atoms with Gasteiger partial charge in [0.15, 0.2) is 0 Å². The first-order valence-electron chi connectivity index (χ1n) is 12.3. The van der Waals surface area contributed by atoms with Gasteiger partial charge in [0.1, 0.15) is 24.1 Å². The van der Waals surface area contributed by atoms with Gasteiger partial charge in [-0.05, 0) is 43.0 Å². The summed E-state index contributed by atoms with van der Waals surface area (Å²) in [5.74, 6) is -1.82. The molecule has 0 bridgehead atoms. The van der Waals surface area contributed by atoms with Crippen molar-refractivity contribution in [1.29, 1.82) is 0 Å². The summed E-state index contributed by atoms with van der Waals surface area (Å²) >= 11 is 0. The number of amides is 3. The summed E-state index contributed by atoms with van der Waals surface area (Å²) in [7, 11) is 0. The zero-order valence-electron chi connectivity index (χ0n) is 21.0. The number of carbonyl (C=O) groups is 4. The molecule has 3 amide bonds. The molecule has 198 valence electrons. The summed E-state index contributed by atoms with van der Waals surface area (Å²) < 4.78 is 11.7. The van der Waals surface area contributed by atoms with Crippen LogP contribution in [0.25, 0.3) is 0 Å². The molecule has 4 N–H and O–H groups in total. The molecule has 2 aromatic rings. The topological polar surface area (TPSA) is 143 Å². The quantitative estimate of drug-likeness (QED) is 0.485. The predicted molar refractivity (Wildman–Crippen MR) is 136 cm³/mol. The highest BCUT2D eigenvalue weighted by molar-refractivity contribution is 5.99. The van der Waals surface area contributed by atoms with Crippen molar-refractivity contribution in [2.75, 3.05) is 19.8 Å². The molecule has 0 aromatic heterocycles. The van der Waals surface area contributed by atoms with Crippen LogP contribution in [0.15, 0.2) is 48.5 Å². The van der Waals surface area contributed by atoms with Crippen molar-refractivity contribution >= 4 is 23.7 Å². The first kappa shape index (κ1) is 27.5. The van der Waals surface area contributed by atoms with E-state index < -0.39 is 17.9 Å². The van der Waals surface area contributed by atoms with E-state index in [0.717, 1.165) is 0 Å². The number of rotatable bonds is 2. The van der Waals surface area contributed by atoms with Crippen LogP contribution in [0, 0.1) is 5.92 Å². The zero-order valence-corrected chi connectivity index (χ0v) is 21.0. The highest BCUT2D eigenvalue weighted by Crippen LogP contribution is 2.20. The van der Waals surface area contributed by atoms with Crippen molar-refractivity contribution in [3.8, 4) is 11.5 Å². The Labute approximate surface area is 215 Å². The van der Waals surface area contributed by atoms with E-state index in [4.69, 9.17) is 9.47 Å². The van der Waals surface area contributed by atoms with Crippen molar-refractivity contribution in [2.24, 2.45) is 5.92 Å². The standard InChI is InChI=1S/C27H33N3O7/c1-17(2)21-16-37-23-11-6-3-8-18(23)25(32)28-14-7-15-36-22-10-5-4-9-19(22)26(33)30-20(27(34)35)12-13-24(31)29-21/h3-6,8-11,17,20-21H,7,12-16H2,1-2H3,(H,28,32)(H,29,31)(H,30,33)(H,34,35)/t20-,21+/m0/s1. The molecule has 37 heavy (non-hydrogen) atoms. The lowest BCUT2D eigenvalue weighted by Gasteiger charge is -2.24. The maximum absolute atomic E-state index is 12.9. The molecule has 2 aromatic carbocycles. The Bertz CT molecular complexity index is 1120. The molecule has 0 unspecified atom stereocenters. The number of fused-ring (bicyclic) bond motifs is 2. The van der Waals surface area contributed by atoms with Crippen molar-refractivity contribution < 1.29 is 33.8 Å². The molecule has 0 aliphatic carbocycles. The Morgan fingerprint density at radius 2 is 1.54 bits per heavy atom. The van der Waals surface area contributed by atoms with Gasteiger partial charge in [0.25, 0.3) is 11.8 Å². The number of hydrogen-bond acceptors (Lipinski definition) is 6. The fraction of sp³-hybridized carbons (Fsp3) is 0.407. The lowest BCUT2D eigenvalue weighted by molar-refractivity contribution is -0.139. The Hall–Kier alpha value is -4.08. The molecule has 0 saturated heterocycles. The van der Waals surface area contributed by atoms with E-state index >= 15 is 0 Å². The summed E-state index contributed by atoms with van der Waals surface area (Å²) in [5.41, 5.74) is 0.556. The second kappa shape index (κ2) is 13.3. The van der Waals surface area contributed by atoms with E-state index in [2.05, 4.69) is 16.0 Å². The van der Waals surface area contributed by atoms with Crippen LogP contribution < -0.4 is 25.4 Å². The van der Waals surface area contributed by atoms with E-state index in [9.17, 15) is 24.3 Å². The maximum Gasteiger partial charge on any atom is 0.326 e. The predicted octanol–water partition coefficient (Wildman–Crippen LogP) is 2.38. The van der Waals surface area contributed by atoms with Gasteiger partial charge in [0.2, 0.25) is 5.91 Å². The number of carboxylic acids is 1. The average molecular weight is 512 g/mol. The van der Waals surface area contributed by atoms with Crippen LogP contribution >= 0.6 is 0 Å². The summed E-state index contributed by atoms with van der Waals surface area (Å²) in [5, 5.41) is 17.8. The SMILES string of the molecule is CC(C)[C@H]1COc2ccccc2C(=O)NCCCOc2ccccc2C(=O)N[C@H](C(=O)O)CCC(=O)N1. The fourth-order valence-electron chi connectivity index (χ4n) is 3.74. The number of benzene rings is 2. The summed E-state index contributed by atoms with van der Waals surface area (Å²) in [6.45, 7) is 4.52. The first-order valence-corrected chi connectivity index (χ1v) is 12.3. The van der Waals surface area contributed by atoms with Crippen LogP contribution in [0.4, 0.5) is 0 Å². The van der Waals surface area contributed by atoms with Gasteiger partial charge in [-0.2, -0.15) is 0 Å². The summed E-state index contributed by atoms with van der Waals surface area (Å²) in [4.78, 5) is 50.1. The van der Waals surface area contributed by atoms with Gasteiger partial charge in [0, 0.05) is 13.0 Å². The molecule has 1 aliphatic heterocycles. The Morgan fingerprint density at radius 1 is 0.919 bits per heavy atom. The maximum atomic E-state index is 12.9. The minimum Gasteiger partial charge on any atom is -0.493 e. The molecule has 0 radical (unpaired) electrons. The largest absolute Gasteiger partial charge is 0.493 e. The average Bonchev–Trinajstić information content (AvgIpc) is 2.88. The number of hydrogen-bond donors (Lipinski definition) is 4. The van der Waals surface area contributed by atoms with Crippen molar-refractivity contribution in [3.63, 3.8) is 0 Å². The van der Waals surface area contributed by atoms with Crippen molar-refractivity contribution in [2.45, 2.75) is 45.2 Å². The van der Waals surface area contributed by atoms with Gasteiger partial charge >= 0.3 is 5.97 Å². The van der Waals surface area contributed by atoms with Gasteiger partial charge in [0.05, 0.1) is 23.8 Å². The monoisotopic (exact) mass is 511 g/mol. The van der Waals surface area contributed by atoms with Crippen LogP contribution in [-0.4, -0.2) is 60.6 Å². The summed E-state index contributed by atoms with van der Waals surface area (Å²) in [6.07, 6.45) is 0.270. The molecule has 1 aliphatic rings. The number of nitrogens with one attached hydrogen (secondary N) is 3. The van der Waals surface area contributed by atoms with E-state index in [-0.39, 0.29) is 55.4 Å². The lowest BCUT2D eigenvalue weighted by Crippen LogP contribution is -2.45. The fourth-order valence-corrected chi connectivity index (χ4v) is 3.74. The highest BCUT2D eigenvalue weighted by Gasteiger charge is 2.25. The minimum absolute atomic E-state index is 0.00859. The highest BCUT2D eigenvalue weighted by atomic mass is 16.5. The molecule has 0 saturated carbocycles.